The average molecular weight is 414 g/mol. The lowest BCUT2D eigenvalue weighted by Crippen LogP contribution is -2.54. The van der Waals surface area contributed by atoms with Gasteiger partial charge in [0.1, 0.15) is 11.5 Å². The van der Waals surface area contributed by atoms with E-state index in [-0.39, 0.29) is 17.4 Å². The number of nitrogens with zero attached hydrogens (tertiary/aromatic N) is 3. The van der Waals surface area contributed by atoms with E-state index in [1.807, 2.05) is 11.8 Å². The zero-order valence-electron chi connectivity index (χ0n) is 16.8. The van der Waals surface area contributed by atoms with E-state index in [4.69, 9.17) is 4.74 Å². The van der Waals surface area contributed by atoms with Gasteiger partial charge in [0, 0.05) is 25.0 Å². The summed E-state index contributed by atoms with van der Waals surface area (Å²) in [7, 11) is 0. The number of hydrogen-bond acceptors (Lipinski definition) is 4. The SMILES string of the molecule is CCCOC(=O)N1CCC2(CC(N3CCC(c4ncc(C(F)(F)F)[nH]4)CC3)C2)C1. The first kappa shape index (κ1) is 20.5. The summed E-state index contributed by atoms with van der Waals surface area (Å²) in [5.74, 6) is 0.519. The van der Waals surface area contributed by atoms with Gasteiger partial charge in [0.05, 0.1) is 12.8 Å². The van der Waals surface area contributed by atoms with Crippen molar-refractivity contribution >= 4 is 6.09 Å². The van der Waals surface area contributed by atoms with Crippen LogP contribution in [0.1, 0.15) is 62.9 Å². The molecule has 1 aromatic rings. The number of likely N-dealkylation sites (tertiary alicyclic amines) is 2. The predicted molar refractivity (Wildman–Crippen MR) is 100 cm³/mol. The molecule has 9 heteroatoms. The van der Waals surface area contributed by atoms with Gasteiger partial charge in [0.15, 0.2) is 0 Å². The van der Waals surface area contributed by atoms with Gasteiger partial charge in [-0.05, 0) is 57.0 Å². The number of rotatable bonds is 4. The molecule has 2 aliphatic heterocycles. The highest BCUT2D eigenvalue weighted by atomic mass is 19.4. The largest absolute Gasteiger partial charge is 0.449 e. The van der Waals surface area contributed by atoms with Crippen molar-refractivity contribution in [3.8, 4) is 0 Å². The number of alkyl halides is 3. The van der Waals surface area contributed by atoms with Crippen molar-refractivity contribution in [2.75, 3.05) is 32.8 Å². The Labute approximate surface area is 168 Å². The molecule has 0 aromatic carbocycles. The van der Waals surface area contributed by atoms with Gasteiger partial charge in [-0.1, -0.05) is 6.92 Å². The number of ether oxygens (including phenoxy) is 1. The first-order chi connectivity index (χ1) is 13.8. The van der Waals surface area contributed by atoms with E-state index in [0.717, 1.165) is 70.9 Å². The quantitative estimate of drug-likeness (QED) is 0.809. The first-order valence-electron chi connectivity index (χ1n) is 10.6. The molecule has 29 heavy (non-hydrogen) atoms. The Morgan fingerprint density at radius 3 is 2.66 bits per heavy atom. The summed E-state index contributed by atoms with van der Waals surface area (Å²) >= 11 is 0. The van der Waals surface area contributed by atoms with Crippen molar-refractivity contribution in [3.05, 3.63) is 17.7 Å². The van der Waals surface area contributed by atoms with E-state index in [0.29, 0.717) is 18.5 Å². The molecular weight excluding hydrogens is 385 g/mol. The number of aromatic nitrogens is 2. The fraction of sp³-hybridized carbons (Fsp3) is 0.800. The van der Waals surface area contributed by atoms with Crippen LogP contribution in [0.4, 0.5) is 18.0 Å². The van der Waals surface area contributed by atoms with Crippen molar-refractivity contribution in [2.24, 2.45) is 5.41 Å². The van der Waals surface area contributed by atoms with Crippen LogP contribution in [0, 0.1) is 5.41 Å². The van der Waals surface area contributed by atoms with Gasteiger partial charge in [-0.3, -0.25) is 0 Å². The van der Waals surface area contributed by atoms with E-state index in [2.05, 4.69) is 14.9 Å². The Bertz CT molecular complexity index is 722. The topological polar surface area (TPSA) is 61.5 Å². The standard InChI is InChI=1S/C20H29F3N4O2/c1-2-9-29-18(28)27-8-5-19(13-27)10-15(11-19)26-6-3-14(4-7-26)17-24-12-16(25-17)20(21,22)23/h12,14-15H,2-11,13H2,1H3,(H,24,25). The molecule has 2 saturated heterocycles. The second-order valence-electron chi connectivity index (χ2n) is 8.84. The minimum atomic E-state index is -4.37. The number of nitrogens with one attached hydrogen (secondary N) is 1. The molecule has 0 atom stereocenters. The average Bonchev–Trinajstić information content (AvgIpc) is 3.32. The highest BCUT2D eigenvalue weighted by Gasteiger charge is 2.51. The second-order valence-corrected chi connectivity index (χ2v) is 8.84. The molecule has 1 aromatic heterocycles. The molecule has 162 valence electrons. The van der Waals surface area contributed by atoms with E-state index in [1.165, 1.54) is 0 Å². The zero-order valence-corrected chi connectivity index (χ0v) is 16.8. The van der Waals surface area contributed by atoms with Crippen molar-refractivity contribution in [2.45, 2.75) is 63.6 Å². The van der Waals surface area contributed by atoms with Crippen LogP contribution < -0.4 is 0 Å². The highest BCUT2D eigenvalue weighted by molar-refractivity contribution is 5.68. The third-order valence-electron chi connectivity index (χ3n) is 6.80. The fourth-order valence-electron chi connectivity index (χ4n) is 5.13. The number of aromatic amines is 1. The lowest BCUT2D eigenvalue weighted by atomic mass is 9.64. The Morgan fingerprint density at radius 2 is 2.03 bits per heavy atom. The number of piperidine rings is 1. The molecule has 4 rings (SSSR count). The van der Waals surface area contributed by atoms with Crippen molar-refractivity contribution < 1.29 is 22.7 Å². The van der Waals surface area contributed by atoms with Crippen molar-refractivity contribution in [1.29, 1.82) is 0 Å². The Morgan fingerprint density at radius 1 is 1.31 bits per heavy atom. The number of H-pyrrole nitrogens is 1. The van der Waals surface area contributed by atoms with Crippen LogP contribution in [0.5, 0.6) is 0 Å². The molecule has 1 saturated carbocycles. The third kappa shape index (κ3) is 4.25. The summed E-state index contributed by atoms with van der Waals surface area (Å²) in [6.45, 7) is 5.79. The maximum atomic E-state index is 12.8. The number of halogens is 3. The summed E-state index contributed by atoms with van der Waals surface area (Å²) in [4.78, 5) is 22.8. The monoisotopic (exact) mass is 414 g/mol. The lowest BCUT2D eigenvalue weighted by Gasteiger charge is -2.51. The van der Waals surface area contributed by atoms with Gasteiger partial charge >= 0.3 is 12.3 Å². The zero-order chi connectivity index (χ0) is 20.6. The van der Waals surface area contributed by atoms with Gasteiger partial charge in [-0.2, -0.15) is 13.2 Å². The van der Waals surface area contributed by atoms with Crippen LogP contribution in [0.25, 0.3) is 0 Å². The molecule has 0 unspecified atom stereocenters. The van der Waals surface area contributed by atoms with Crippen LogP contribution in [-0.4, -0.2) is 64.7 Å². The minimum absolute atomic E-state index is 0.0618. The molecule has 0 radical (unpaired) electrons. The van der Waals surface area contributed by atoms with E-state index in [9.17, 15) is 18.0 Å². The number of hydrogen-bond donors (Lipinski definition) is 1. The fourth-order valence-corrected chi connectivity index (χ4v) is 5.13. The Balaban J connectivity index is 1.23. The van der Waals surface area contributed by atoms with E-state index >= 15 is 0 Å². The molecule has 1 spiro atoms. The lowest BCUT2D eigenvalue weighted by molar-refractivity contribution is -0.141. The summed E-state index contributed by atoms with van der Waals surface area (Å²) in [5, 5.41) is 0. The number of carbonyl (C=O) groups is 1. The van der Waals surface area contributed by atoms with Crippen LogP contribution >= 0.6 is 0 Å². The van der Waals surface area contributed by atoms with E-state index in [1.54, 1.807) is 0 Å². The van der Waals surface area contributed by atoms with Crippen LogP contribution in [0.3, 0.4) is 0 Å². The Kier molecular flexibility index (Phi) is 5.52. The van der Waals surface area contributed by atoms with Crippen LogP contribution in [0.2, 0.25) is 0 Å². The molecule has 3 aliphatic rings. The summed E-state index contributed by atoms with van der Waals surface area (Å²) in [5.41, 5.74) is -0.533. The molecule has 1 aliphatic carbocycles. The maximum absolute atomic E-state index is 12.8. The summed E-state index contributed by atoms with van der Waals surface area (Å²) in [6, 6.07) is 0.518. The van der Waals surface area contributed by atoms with E-state index < -0.39 is 11.9 Å². The number of carbonyl (C=O) groups excluding carboxylic acids is 1. The third-order valence-corrected chi connectivity index (χ3v) is 6.80. The molecular formula is C20H29F3N4O2. The molecule has 1 N–H and O–H groups in total. The van der Waals surface area contributed by atoms with Crippen molar-refractivity contribution in [1.82, 2.24) is 19.8 Å². The van der Waals surface area contributed by atoms with Gasteiger partial charge in [0.25, 0.3) is 0 Å². The number of imidazole rings is 1. The maximum Gasteiger partial charge on any atom is 0.432 e. The minimum Gasteiger partial charge on any atom is -0.449 e. The number of amides is 1. The van der Waals surface area contributed by atoms with Gasteiger partial charge in [0.2, 0.25) is 0 Å². The molecule has 3 heterocycles. The van der Waals surface area contributed by atoms with Gasteiger partial charge in [-0.15, -0.1) is 0 Å². The molecule has 3 fully saturated rings. The van der Waals surface area contributed by atoms with Gasteiger partial charge < -0.3 is 19.5 Å². The molecule has 6 nitrogen and oxygen atoms in total. The van der Waals surface area contributed by atoms with Crippen molar-refractivity contribution in [3.63, 3.8) is 0 Å². The second kappa shape index (κ2) is 7.81. The predicted octanol–water partition coefficient (Wildman–Crippen LogP) is 4.01. The summed E-state index contributed by atoms with van der Waals surface area (Å²) in [6.07, 6.45) is 2.03. The highest BCUT2D eigenvalue weighted by Crippen LogP contribution is 2.51. The normalized spacial score (nSPS) is 28.7. The smallest absolute Gasteiger partial charge is 0.432 e. The molecule has 1 amide bonds. The van der Waals surface area contributed by atoms with Crippen LogP contribution in [-0.2, 0) is 10.9 Å². The first-order valence-corrected chi connectivity index (χ1v) is 10.6. The van der Waals surface area contributed by atoms with Gasteiger partial charge in [-0.25, -0.2) is 9.78 Å². The Hall–Kier alpha value is -1.77. The molecule has 0 bridgehead atoms. The summed E-state index contributed by atoms with van der Waals surface area (Å²) < 4.78 is 43.5. The van der Waals surface area contributed by atoms with Crippen LogP contribution in [0.15, 0.2) is 6.20 Å².